The maximum atomic E-state index is 12.1. The summed E-state index contributed by atoms with van der Waals surface area (Å²) in [7, 11) is 0. The van der Waals surface area contributed by atoms with E-state index in [2.05, 4.69) is 23.7 Å². The highest BCUT2D eigenvalue weighted by atomic mass is 32.1. The van der Waals surface area contributed by atoms with Crippen molar-refractivity contribution in [3.05, 3.63) is 33.2 Å². The van der Waals surface area contributed by atoms with E-state index in [-0.39, 0.29) is 17.8 Å². The third-order valence-corrected chi connectivity index (χ3v) is 4.45. The van der Waals surface area contributed by atoms with Crippen molar-refractivity contribution in [2.45, 2.75) is 39.5 Å². The van der Waals surface area contributed by atoms with Gasteiger partial charge in [0.1, 0.15) is 0 Å². The summed E-state index contributed by atoms with van der Waals surface area (Å²) >= 11 is 1.51. The second-order valence-corrected chi connectivity index (χ2v) is 6.37. The van der Waals surface area contributed by atoms with E-state index in [1.807, 2.05) is 12.3 Å². The number of fused-ring (bicyclic) bond motifs is 1. The summed E-state index contributed by atoms with van der Waals surface area (Å²) < 4.78 is 7.39. The Labute approximate surface area is 121 Å². The molecule has 1 aliphatic heterocycles. The summed E-state index contributed by atoms with van der Waals surface area (Å²) in [5.74, 6) is 0. The standard InChI is InChI=1S/C14H19N3O2S/c1-9-8-20-14-15-12(4-13(18)17(9)14)7-16-5-10(2)19-11(3)6-16/h4,8,10-11H,5-7H2,1-3H3/t10-,11+. The number of ether oxygens (including phenoxy) is 1. The van der Waals surface area contributed by atoms with Gasteiger partial charge in [-0.2, -0.15) is 0 Å². The Bertz CT molecular complexity index is 669. The molecule has 0 amide bonds. The number of hydrogen-bond donors (Lipinski definition) is 0. The van der Waals surface area contributed by atoms with Crippen LogP contribution in [0.1, 0.15) is 25.2 Å². The van der Waals surface area contributed by atoms with Gasteiger partial charge in [-0.25, -0.2) is 4.98 Å². The fraction of sp³-hybridized carbons (Fsp3) is 0.571. The van der Waals surface area contributed by atoms with Crippen LogP contribution in [0.2, 0.25) is 0 Å². The molecule has 1 saturated heterocycles. The van der Waals surface area contributed by atoms with Gasteiger partial charge in [-0.1, -0.05) is 0 Å². The first-order valence-corrected chi connectivity index (χ1v) is 7.75. The summed E-state index contributed by atoms with van der Waals surface area (Å²) in [4.78, 5) is 19.8. The topological polar surface area (TPSA) is 46.8 Å². The Morgan fingerprint density at radius 3 is 2.80 bits per heavy atom. The molecule has 0 saturated carbocycles. The van der Waals surface area contributed by atoms with E-state index < -0.39 is 0 Å². The van der Waals surface area contributed by atoms with Crippen molar-refractivity contribution in [1.29, 1.82) is 0 Å². The number of thiazole rings is 1. The van der Waals surface area contributed by atoms with Gasteiger partial charge in [0.15, 0.2) is 4.96 Å². The molecule has 0 aliphatic carbocycles. The summed E-state index contributed by atoms with van der Waals surface area (Å²) in [5.41, 5.74) is 1.80. The zero-order chi connectivity index (χ0) is 14.3. The van der Waals surface area contributed by atoms with Crippen LogP contribution in [0.3, 0.4) is 0 Å². The highest BCUT2D eigenvalue weighted by Gasteiger charge is 2.22. The van der Waals surface area contributed by atoms with E-state index in [4.69, 9.17) is 4.74 Å². The average Bonchev–Trinajstić information content (AvgIpc) is 2.69. The Hall–Kier alpha value is -1.24. The van der Waals surface area contributed by atoms with E-state index in [0.29, 0.717) is 6.54 Å². The fourth-order valence-electron chi connectivity index (χ4n) is 2.82. The molecule has 0 bridgehead atoms. The molecule has 2 aromatic rings. The van der Waals surface area contributed by atoms with Crippen LogP contribution in [0.25, 0.3) is 4.96 Å². The first kappa shape index (κ1) is 13.7. The second kappa shape index (κ2) is 5.27. The van der Waals surface area contributed by atoms with Crippen LogP contribution in [0.4, 0.5) is 0 Å². The molecule has 3 rings (SSSR count). The Balaban J connectivity index is 1.86. The van der Waals surface area contributed by atoms with Crippen molar-refractivity contribution >= 4 is 16.3 Å². The van der Waals surface area contributed by atoms with E-state index in [0.717, 1.165) is 29.4 Å². The zero-order valence-corrected chi connectivity index (χ0v) is 12.8. The molecule has 108 valence electrons. The SMILES string of the molecule is Cc1csc2nc(CN3C[C@@H](C)O[C@@H](C)C3)cc(=O)n12. The summed E-state index contributed by atoms with van der Waals surface area (Å²) in [6.45, 7) is 8.57. The molecule has 3 heterocycles. The maximum Gasteiger partial charge on any atom is 0.259 e. The van der Waals surface area contributed by atoms with Gasteiger partial charge < -0.3 is 4.74 Å². The first-order valence-electron chi connectivity index (χ1n) is 6.87. The average molecular weight is 293 g/mol. The smallest absolute Gasteiger partial charge is 0.259 e. The molecule has 2 atom stereocenters. The molecular weight excluding hydrogens is 274 g/mol. The van der Waals surface area contributed by atoms with Crippen LogP contribution in [-0.4, -0.2) is 39.6 Å². The molecule has 0 radical (unpaired) electrons. The second-order valence-electron chi connectivity index (χ2n) is 5.53. The summed E-state index contributed by atoms with van der Waals surface area (Å²) in [5, 5.41) is 1.96. The first-order chi connectivity index (χ1) is 9.52. The molecule has 1 fully saturated rings. The Morgan fingerprint density at radius 1 is 1.40 bits per heavy atom. The summed E-state index contributed by atoms with van der Waals surface area (Å²) in [6, 6.07) is 1.65. The van der Waals surface area contributed by atoms with E-state index in [9.17, 15) is 4.79 Å². The van der Waals surface area contributed by atoms with Crippen molar-refractivity contribution in [3.63, 3.8) is 0 Å². The lowest BCUT2D eigenvalue weighted by Gasteiger charge is -2.34. The number of rotatable bonds is 2. The minimum atomic E-state index is 0.0121. The molecule has 5 nitrogen and oxygen atoms in total. The van der Waals surface area contributed by atoms with Gasteiger partial charge in [0, 0.05) is 36.8 Å². The number of morpholine rings is 1. The van der Waals surface area contributed by atoms with E-state index in [1.54, 1.807) is 10.5 Å². The van der Waals surface area contributed by atoms with Crippen LogP contribution in [0, 0.1) is 6.92 Å². The normalized spacial score (nSPS) is 24.4. The van der Waals surface area contributed by atoms with Gasteiger partial charge in [-0.05, 0) is 20.8 Å². The Kier molecular flexibility index (Phi) is 3.62. The number of aromatic nitrogens is 2. The van der Waals surface area contributed by atoms with Gasteiger partial charge in [-0.3, -0.25) is 14.1 Å². The van der Waals surface area contributed by atoms with Crippen LogP contribution in [-0.2, 0) is 11.3 Å². The lowest BCUT2D eigenvalue weighted by molar-refractivity contribution is -0.0707. The minimum absolute atomic E-state index is 0.0121. The lowest BCUT2D eigenvalue weighted by atomic mass is 10.2. The van der Waals surface area contributed by atoms with Crippen molar-refractivity contribution in [1.82, 2.24) is 14.3 Å². The van der Waals surface area contributed by atoms with Crippen molar-refractivity contribution in [3.8, 4) is 0 Å². The molecule has 1 aliphatic rings. The van der Waals surface area contributed by atoms with Crippen LogP contribution >= 0.6 is 11.3 Å². The predicted octanol–water partition coefficient (Wildman–Crippen LogP) is 1.67. The highest BCUT2D eigenvalue weighted by Crippen LogP contribution is 2.15. The molecule has 0 N–H and O–H groups in total. The van der Waals surface area contributed by atoms with E-state index in [1.165, 1.54) is 11.3 Å². The fourth-order valence-corrected chi connectivity index (χ4v) is 3.72. The van der Waals surface area contributed by atoms with E-state index >= 15 is 0 Å². The number of nitrogens with zero attached hydrogens (tertiary/aromatic N) is 3. The molecule has 0 unspecified atom stereocenters. The van der Waals surface area contributed by atoms with Crippen molar-refractivity contribution in [2.75, 3.05) is 13.1 Å². The zero-order valence-electron chi connectivity index (χ0n) is 12.0. The number of aryl methyl sites for hydroxylation is 1. The quantitative estimate of drug-likeness (QED) is 0.845. The molecule has 0 aromatic carbocycles. The summed E-state index contributed by atoms with van der Waals surface area (Å²) in [6.07, 6.45) is 0.458. The monoisotopic (exact) mass is 293 g/mol. The molecule has 2 aromatic heterocycles. The van der Waals surface area contributed by atoms with Crippen LogP contribution in [0.15, 0.2) is 16.2 Å². The minimum Gasteiger partial charge on any atom is -0.373 e. The maximum absolute atomic E-state index is 12.1. The van der Waals surface area contributed by atoms with Gasteiger partial charge in [0.25, 0.3) is 5.56 Å². The lowest BCUT2D eigenvalue weighted by Crippen LogP contribution is -2.45. The van der Waals surface area contributed by atoms with Gasteiger partial charge in [-0.15, -0.1) is 11.3 Å². The highest BCUT2D eigenvalue weighted by molar-refractivity contribution is 7.15. The van der Waals surface area contributed by atoms with Gasteiger partial charge >= 0.3 is 0 Å². The van der Waals surface area contributed by atoms with Gasteiger partial charge in [0.2, 0.25) is 0 Å². The molecule has 6 heteroatoms. The number of hydrogen-bond acceptors (Lipinski definition) is 5. The molecule has 20 heavy (non-hydrogen) atoms. The largest absolute Gasteiger partial charge is 0.373 e. The molecule has 0 spiro atoms. The third kappa shape index (κ3) is 2.63. The third-order valence-electron chi connectivity index (χ3n) is 3.51. The van der Waals surface area contributed by atoms with Crippen LogP contribution in [0.5, 0.6) is 0 Å². The Morgan fingerprint density at radius 2 is 2.10 bits per heavy atom. The van der Waals surface area contributed by atoms with Gasteiger partial charge in [0.05, 0.1) is 17.9 Å². The van der Waals surface area contributed by atoms with Crippen molar-refractivity contribution in [2.24, 2.45) is 0 Å². The van der Waals surface area contributed by atoms with Crippen molar-refractivity contribution < 1.29 is 4.74 Å². The predicted molar refractivity (Wildman–Crippen MR) is 79.4 cm³/mol. The molecular formula is C14H19N3O2S. The van der Waals surface area contributed by atoms with Crippen LogP contribution < -0.4 is 5.56 Å².